The van der Waals surface area contributed by atoms with Crippen molar-refractivity contribution in [1.82, 2.24) is 9.88 Å². The molecule has 124 valence electrons. The van der Waals surface area contributed by atoms with Gasteiger partial charge in [-0.15, -0.1) is 0 Å². The Hall–Kier alpha value is -2.59. The SMILES string of the molecule is CN(CCCNc1ccc2cc(N)ccc2n1)Cc1ccccc1. The van der Waals surface area contributed by atoms with Crippen LogP contribution in [0.2, 0.25) is 0 Å². The molecule has 0 fully saturated rings. The molecule has 3 N–H and O–H groups in total. The average Bonchev–Trinajstić information content (AvgIpc) is 2.59. The number of nitrogens with zero attached hydrogens (tertiary/aromatic N) is 2. The minimum atomic E-state index is 0.770. The van der Waals surface area contributed by atoms with E-state index in [1.165, 1.54) is 5.56 Å². The van der Waals surface area contributed by atoms with E-state index in [2.05, 4.69) is 58.6 Å². The first kappa shape index (κ1) is 16.3. The minimum Gasteiger partial charge on any atom is -0.399 e. The van der Waals surface area contributed by atoms with Crippen molar-refractivity contribution < 1.29 is 0 Å². The molecule has 0 saturated heterocycles. The van der Waals surface area contributed by atoms with Gasteiger partial charge < -0.3 is 16.0 Å². The van der Waals surface area contributed by atoms with Crippen LogP contribution >= 0.6 is 0 Å². The Morgan fingerprint density at radius 1 is 1.04 bits per heavy atom. The third kappa shape index (κ3) is 4.46. The summed E-state index contributed by atoms with van der Waals surface area (Å²) in [5.41, 5.74) is 8.88. The van der Waals surface area contributed by atoms with Gasteiger partial charge in [-0.3, -0.25) is 0 Å². The Morgan fingerprint density at radius 2 is 1.88 bits per heavy atom. The number of benzene rings is 2. The van der Waals surface area contributed by atoms with Gasteiger partial charge in [0.05, 0.1) is 5.52 Å². The van der Waals surface area contributed by atoms with E-state index in [1.807, 2.05) is 24.3 Å². The highest BCUT2D eigenvalue weighted by molar-refractivity contribution is 5.83. The van der Waals surface area contributed by atoms with E-state index in [9.17, 15) is 0 Å². The molecule has 3 rings (SSSR count). The molecule has 2 aromatic carbocycles. The number of fused-ring (bicyclic) bond motifs is 1. The number of nitrogen functional groups attached to an aromatic ring is 1. The largest absolute Gasteiger partial charge is 0.399 e. The van der Waals surface area contributed by atoms with E-state index in [0.29, 0.717) is 0 Å². The number of hydrogen-bond acceptors (Lipinski definition) is 4. The molecule has 0 radical (unpaired) electrons. The Kier molecular flexibility index (Phi) is 5.29. The molecule has 0 atom stereocenters. The summed E-state index contributed by atoms with van der Waals surface area (Å²) < 4.78 is 0. The van der Waals surface area contributed by atoms with E-state index in [1.54, 1.807) is 0 Å². The second-order valence-corrected chi connectivity index (χ2v) is 6.15. The predicted octanol–water partition coefficient (Wildman–Crippen LogP) is 3.75. The van der Waals surface area contributed by atoms with Gasteiger partial charge in [-0.25, -0.2) is 4.98 Å². The number of pyridine rings is 1. The van der Waals surface area contributed by atoms with Crippen molar-refractivity contribution in [3.63, 3.8) is 0 Å². The highest BCUT2D eigenvalue weighted by Gasteiger charge is 2.01. The van der Waals surface area contributed by atoms with Crippen LogP contribution in [0.25, 0.3) is 10.9 Å². The Bertz CT molecular complexity index is 786. The zero-order valence-corrected chi connectivity index (χ0v) is 14.1. The van der Waals surface area contributed by atoms with Crippen LogP contribution in [-0.2, 0) is 6.54 Å². The third-order valence-electron chi connectivity index (χ3n) is 4.03. The average molecular weight is 320 g/mol. The molecular weight excluding hydrogens is 296 g/mol. The summed E-state index contributed by atoms with van der Waals surface area (Å²) >= 11 is 0. The topological polar surface area (TPSA) is 54.2 Å². The highest BCUT2D eigenvalue weighted by Crippen LogP contribution is 2.17. The van der Waals surface area contributed by atoms with Crippen LogP contribution in [0.5, 0.6) is 0 Å². The summed E-state index contributed by atoms with van der Waals surface area (Å²) in [7, 11) is 2.16. The minimum absolute atomic E-state index is 0.770. The summed E-state index contributed by atoms with van der Waals surface area (Å²) in [6.45, 7) is 2.94. The van der Waals surface area contributed by atoms with Crippen LogP contribution in [0.3, 0.4) is 0 Å². The molecule has 0 aliphatic heterocycles. The van der Waals surface area contributed by atoms with Crippen LogP contribution in [0.1, 0.15) is 12.0 Å². The molecule has 0 aliphatic rings. The summed E-state index contributed by atoms with van der Waals surface area (Å²) in [5.74, 6) is 0.915. The lowest BCUT2D eigenvalue weighted by Crippen LogP contribution is -2.21. The van der Waals surface area contributed by atoms with E-state index >= 15 is 0 Å². The quantitative estimate of drug-likeness (QED) is 0.514. The molecule has 4 nitrogen and oxygen atoms in total. The molecular formula is C20H24N4. The van der Waals surface area contributed by atoms with Gasteiger partial charge >= 0.3 is 0 Å². The lowest BCUT2D eigenvalue weighted by Gasteiger charge is -2.17. The first-order valence-electron chi connectivity index (χ1n) is 8.33. The number of anilines is 2. The zero-order valence-electron chi connectivity index (χ0n) is 14.1. The molecule has 0 unspecified atom stereocenters. The van der Waals surface area contributed by atoms with Crippen molar-refractivity contribution >= 4 is 22.4 Å². The Morgan fingerprint density at radius 3 is 2.71 bits per heavy atom. The third-order valence-corrected chi connectivity index (χ3v) is 4.03. The Labute approximate surface area is 143 Å². The molecule has 3 aromatic rings. The maximum absolute atomic E-state index is 5.80. The van der Waals surface area contributed by atoms with E-state index in [-0.39, 0.29) is 0 Å². The van der Waals surface area contributed by atoms with E-state index in [4.69, 9.17) is 5.73 Å². The molecule has 4 heteroatoms. The monoisotopic (exact) mass is 320 g/mol. The van der Waals surface area contributed by atoms with Gasteiger partial charge in [0.2, 0.25) is 0 Å². The van der Waals surface area contributed by atoms with Gasteiger partial charge in [0.15, 0.2) is 0 Å². The van der Waals surface area contributed by atoms with Gasteiger partial charge in [0, 0.05) is 24.2 Å². The van der Waals surface area contributed by atoms with Gasteiger partial charge in [0.1, 0.15) is 5.82 Å². The zero-order chi connectivity index (χ0) is 16.8. The van der Waals surface area contributed by atoms with Crippen molar-refractivity contribution in [1.29, 1.82) is 0 Å². The normalized spacial score (nSPS) is 11.1. The van der Waals surface area contributed by atoms with Gasteiger partial charge in [-0.2, -0.15) is 0 Å². The number of nitrogens with one attached hydrogen (secondary N) is 1. The van der Waals surface area contributed by atoms with Gasteiger partial charge in [0.25, 0.3) is 0 Å². The predicted molar refractivity (Wildman–Crippen MR) is 102 cm³/mol. The van der Waals surface area contributed by atoms with Crippen molar-refractivity contribution in [2.24, 2.45) is 0 Å². The summed E-state index contributed by atoms with van der Waals surface area (Å²) in [5, 5.41) is 4.47. The second kappa shape index (κ2) is 7.79. The molecule has 0 bridgehead atoms. The van der Waals surface area contributed by atoms with Crippen LogP contribution in [0, 0.1) is 0 Å². The molecule has 0 amide bonds. The maximum atomic E-state index is 5.80. The molecule has 24 heavy (non-hydrogen) atoms. The number of aromatic nitrogens is 1. The molecule has 0 saturated carbocycles. The fourth-order valence-electron chi connectivity index (χ4n) is 2.78. The van der Waals surface area contributed by atoms with Crippen molar-refractivity contribution in [2.45, 2.75) is 13.0 Å². The maximum Gasteiger partial charge on any atom is 0.126 e. The van der Waals surface area contributed by atoms with Crippen LogP contribution in [0.4, 0.5) is 11.5 Å². The number of hydrogen-bond donors (Lipinski definition) is 2. The lowest BCUT2D eigenvalue weighted by atomic mass is 10.2. The molecule has 1 aromatic heterocycles. The summed E-state index contributed by atoms with van der Waals surface area (Å²) in [4.78, 5) is 6.96. The fourth-order valence-corrected chi connectivity index (χ4v) is 2.78. The Balaban J connectivity index is 1.45. The van der Waals surface area contributed by atoms with Crippen molar-refractivity contribution in [3.05, 3.63) is 66.2 Å². The van der Waals surface area contributed by atoms with E-state index in [0.717, 1.165) is 48.5 Å². The number of nitrogens with two attached hydrogens (primary N) is 1. The number of rotatable bonds is 7. The smallest absolute Gasteiger partial charge is 0.126 e. The molecule has 1 heterocycles. The lowest BCUT2D eigenvalue weighted by molar-refractivity contribution is 0.325. The van der Waals surface area contributed by atoms with Gasteiger partial charge in [-0.05, 0) is 55.9 Å². The standard InChI is InChI=1S/C20H24N4/c1-24(15-16-6-3-2-4-7-16)13-5-12-22-20-11-8-17-14-18(21)9-10-19(17)23-20/h2-4,6-11,14H,5,12-13,15,21H2,1H3,(H,22,23). The van der Waals surface area contributed by atoms with Crippen LogP contribution < -0.4 is 11.1 Å². The first-order chi connectivity index (χ1) is 11.7. The van der Waals surface area contributed by atoms with Crippen molar-refractivity contribution in [2.75, 3.05) is 31.2 Å². The molecule has 0 spiro atoms. The van der Waals surface area contributed by atoms with Crippen LogP contribution in [0.15, 0.2) is 60.7 Å². The van der Waals surface area contributed by atoms with Gasteiger partial charge in [-0.1, -0.05) is 30.3 Å². The fraction of sp³-hybridized carbons (Fsp3) is 0.250. The first-order valence-corrected chi connectivity index (χ1v) is 8.33. The summed E-state index contributed by atoms with van der Waals surface area (Å²) in [6.07, 6.45) is 1.07. The highest BCUT2D eigenvalue weighted by atomic mass is 15.1. The van der Waals surface area contributed by atoms with E-state index < -0.39 is 0 Å². The molecule has 0 aliphatic carbocycles. The van der Waals surface area contributed by atoms with Crippen molar-refractivity contribution in [3.8, 4) is 0 Å². The second-order valence-electron chi connectivity index (χ2n) is 6.15. The van der Waals surface area contributed by atoms with Crippen LogP contribution in [-0.4, -0.2) is 30.0 Å². The summed E-state index contributed by atoms with van der Waals surface area (Å²) in [6, 6.07) is 20.4.